The number of benzene rings is 1. The average Bonchev–Trinajstić information content (AvgIpc) is 3.44. The van der Waals surface area contributed by atoms with Gasteiger partial charge in [0.15, 0.2) is 0 Å². The van der Waals surface area contributed by atoms with E-state index in [9.17, 15) is 9.59 Å². The topological polar surface area (TPSA) is 92.0 Å². The molecule has 3 aliphatic heterocycles. The minimum Gasteiger partial charge on any atom is -0.497 e. The summed E-state index contributed by atoms with van der Waals surface area (Å²) in [6.45, 7) is 5.35. The molecule has 0 radical (unpaired) electrons. The predicted molar refractivity (Wildman–Crippen MR) is 127 cm³/mol. The van der Waals surface area contributed by atoms with E-state index in [-0.39, 0.29) is 22.7 Å². The molecule has 0 aliphatic carbocycles. The lowest BCUT2D eigenvalue weighted by atomic mass is 10.1. The summed E-state index contributed by atoms with van der Waals surface area (Å²) in [6, 6.07) is 7.18. The fourth-order valence-corrected chi connectivity index (χ4v) is 7.26. The first kappa shape index (κ1) is 22.5. The van der Waals surface area contributed by atoms with E-state index >= 15 is 0 Å². The number of ether oxygens (including phenoxy) is 1. The van der Waals surface area contributed by atoms with Crippen molar-refractivity contribution in [3.63, 3.8) is 0 Å². The van der Waals surface area contributed by atoms with Gasteiger partial charge >= 0.3 is 0 Å². The van der Waals surface area contributed by atoms with Crippen molar-refractivity contribution >= 4 is 35.3 Å². The summed E-state index contributed by atoms with van der Waals surface area (Å²) in [7, 11) is 1.63. The summed E-state index contributed by atoms with van der Waals surface area (Å²) in [5.74, 6) is 4.07. The summed E-state index contributed by atoms with van der Waals surface area (Å²) < 4.78 is 10.6. The van der Waals surface area contributed by atoms with Crippen LogP contribution in [0.2, 0.25) is 0 Å². The third-order valence-corrected chi connectivity index (χ3v) is 9.23. The van der Waals surface area contributed by atoms with Crippen molar-refractivity contribution < 1.29 is 18.8 Å². The number of hydrogen-bond donors (Lipinski definition) is 0. The molecule has 3 aliphatic rings. The first-order valence-electron chi connectivity index (χ1n) is 11.0. The maximum atomic E-state index is 13.3. The van der Waals surface area contributed by atoms with Crippen LogP contribution >= 0.6 is 23.5 Å². The Kier molecular flexibility index (Phi) is 6.28. The quantitative estimate of drug-likeness (QED) is 0.623. The van der Waals surface area contributed by atoms with Crippen LogP contribution in [0.5, 0.6) is 5.75 Å². The van der Waals surface area contributed by atoms with Crippen LogP contribution in [0.4, 0.5) is 0 Å². The summed E-state index contributed by atoms with van der Waals surface area (Å²) >= 11 is 3.39. The second-order valence-corrected chi connectivity index (χ2v) is 11.1. The third-order valence-electron chi connectivity index (χ3n) is 6.38. The molecule has 0 saturated carbocycles. The Morgan fingerprint density at radius 3 is 2.73 bits per heavy atom. The molecule has 5 rings (SSSR count). The monoisotopic (exact) mass is 489 g/mol. The molecule has 1 aromatic carbocycles. The van der Waals surface area contributed by atoms with E-state index in [0.717, 1.165) is 30.2 Å². The third kappa shape index (κ3) is 4.45. The lowest BCUT2D eigenvalue weighted by Crippen LogP contribution is -2.60. The second-order valence-electron chi connectivity index (χ2n) is 8.60. The smallest absolute Gasteiger partial charge is 0.246 e. The molecule has 0 N–H and O–H groups in total. The number of fused-ring (bicyclic) bond motifs is 1. The molecular formula is C22H27N5O4S2. The van der Waals surface area contributed by atoms with Crippen LogP contribution in [-0.4, -0.2) is 98.1 Å². The van der Waals surface area contributed by atoms with Gasteiger partial charge in [0, 0.05) is 43.2 Å². The van der Waals surface area contributed by atoms with Gasteiger partial charge in [0.1, 0.15) is 11.8 Å². The Bertz CT molecular complexity index is 1020. The average molecular weight is 490 g/mol. The molecule has 11 heteroatoms. The van der Waals surface area contributed by atoms with E-state index in [1.165, 1.54) is 0 Å². The van der Waals surface area contributed by atoms with E-state index in [1.807, 2.05) is 34.1 Å². The van der Waals surface area contributed by atoms with Gasteiger partial charge in [0.05, 0.1) is 24.3 Å². The minimum absolute atomic E-state index is 0.0747. The van der Waals surface area contributed by atoms with Crippen LogP contribution in [0, 0.1) is 0 Å². The zero-order valence-electron chi connectivity index (χ0n) is 18.7. The van der Waals surface area contributed by atoms with Crippen molar-refractivity contribution in [1.82, 2.24) is 24.8 Å². The molecule has 0 spiro atoms. The summed E-state index contributed by atoms with van der Waals surface area (Å²) in [5.41, 5.74) is 0.869. The number of carbonyl (C=O) groups excluding carboxylic acids is 2. The summed E-state index contributed by atoms with van der Waals surface area (Å²) in [5, 5.41) is 4.10. The number of amides is 2. The highest BCUT2D eigenvalue weighted by Crippen LogP contribution is 2.44. The van der Waals surface area contributed by atoms with Crippen LogP contribution in [-0.2, 0) is 16.1 Å². The van der Waals surface area contributed by atoms with E-state index in [0.29, 0.717) is 42.9 Å². The maximum absolute atomic E-state index is 13.3. The molecule has 4 heterocycles. The number of rotatable bonds is 5. The number of aromatic nitrogens is 2. The number of carbonyl (C=O) groups is 2. The van der Waals surface area contributed by atoms with Crippen LogP contribution in [0.15, 0.2) is 28.8 Å². The van der Waals surface area contributed by atoms with Crippen LogP contribution in [0.25, 0.3) is 11.4 Å². The van der Waals surface area contributed by atoms with E-state index in [2.05, 4.69) is 22.0 Å². The van der Waals surface area contributed by atoms with Gasteiger partial charge in [-0.05, 0) is 31.2 Å². The Morgan fingerprint density at radius 1 is 1.24 bits per heavy atom. The number of hydrogen-bond acceptors (Lipinski definition) is 9. The number of nitrogens with zero attached hydrogens (tertiary/aromatic N) is 5. The van der Waals surface area contributed by atoms with Crippen molar-refractivity contribution in [3.05, 3.63) is 30.2 Å². The highest BCUT2D eigenvalue weighted by molar-refractivity contribution is 8.04. The maximum Gasteiger partial charge on any atom is 0.246 e. The van der Waals surface area contributed by atoms with Gasteiger partial charge in [-0.15, -0.1) is 23.5 Å². The molecule has 2 atom stereocenters. The van der Waals surface area contributed by atoms with Crippen molar-refractivity contribution in [2.45, 2.75) is 24.4 Å². The molecule has 2 amide bonds. The van der Waals surface area contributed by atoms with Gasteiger partial charge in [-0.3, -0.25) is 14.5 Å². The standard InChI is InChI=1S/C22H27N5O4S2/c1-22-14-32-13-19(28)27(22)17(12-33-22)21(29)26-9-7-25(8-10-26)11-18-23-20(24-31-18)15-3-5-16(30-2)6-4-15/h3-6,17H,7-14H2,1-2H3/t17-,22+/m0/s1. The normalized spacial score (nSPS) is 25.9. The zero-order chi connectivity index (χ0) is 23.0. The van der Waals surface area contributed by atoms with E-state index in [4.69, 9.17) is 9.26 Å². The predicted octanol–water partition coefficient (Wildman–Crippen LogP) is 1.80. The van der Waals surface area contributed by atoms with Crippen LogP contribution < -0.4 is 4.74 Å². The van der Waals surface area contributed by atoms with Gasteiger partial charge in [-0.1, -0.05) is 5.16 Å². The van der Waals surface area contributed by atoms with Crippen molar-refractivity contribution in [1.29, 1.82) is 0 Å². The summed E-state index contributed by atoms with van der Waals surface area (Å²) in [4.78, 5) is 36.0. The molecule has 0 unspecified atom stereocenters. The van der Waals surface area contributed by atoms with E-state index < -0.39 is 0 Å². The number of piperazine rings is 1. The number of methoxy groups -OCH3 is 1. The Morgan fingerprint density at radius 2 is 2.00 bits per heavy atom. The molecule has 3 saturated heterocycles. The zero-order valence-corrected chi connectivity index (χ0v) is 20.4. The minimum atomic E-state index is -0.344. The Labute approximate surface area is 201 Å². The first-order valence-corrected chi connectivity index (χ1v) is 13.1. The first-order chi connectivity index (χ1) is 16.0. The Hall–Kier alpha value is -2.24. The van der Waals surface area contributed by atoms with Crippen LogP contribution in [0.1, 0.15) is 12.8 Å². The van der Waals surface area contributed by atoms with Crippen molar-refractivity contribution in [2.75, 3.05) is 50.5 Å². The molecule has 176 valence electrons. The molecular weight excluding hydrogens is 462 g/mol. The Balaban J connectivity index is 1.16. The van der Waals surface area contributed by atoms with E-state index in [1.54, 1.807) is 30.6 Å². The highest BCUT2D eigenvalue weighted by Gasteiger charge is 2.52. The van der Waals surface area contributed by atoms with Gasteiger partial charge < -0.3 is 19.1 Å². The lowest BCUT2D eigenvalue weighted by molar-refractivity contribution is -0.146. The van der Waals surface area contributed by atoms with Gasteiger partial charge in [-0.25, -0.2) is 0 Å². The second kappa shape index (κ2) is 9.19. The van der Waals surface area contributed by atoms with Gasteiger partial charge in [0.2, 0.25) is 23.5 Å². The molecule has 1 aromatic heterocycles. The van der Waals surface area contributed by atoms with Gasteiger partial charge in [0.25, 0.3) is 0 Å². The molecule has 9 nitrogen and oxygen atoms in total. The van der Waals surface area contributed by atoms with Gasteiger partial charge in [-0.2, -0.15) is 4.98 Å². The fourth-order valence-electron chi connectivity index (χ4n) is 4.56. The van der Waals surface area contributed by atoms with Crippen molar-refractivity contribution in [2.24, 2.45) is 0 Å². The highest BCUT2D eigenvalue weighted by atomic mass is 32.2. The lowest BCUT2D eigenvalue weighted by Gasteiger charge is -2.42. The fraction of sp³-hybridized carbons (Fsp3) is 0.545. The molecule has 2 aromatic rings. The SMILES string of the molecule is COc1ccc(-c2noc(CN3CCN(C(=O)[C@@H]4CS[C@]5(C)CSCC(=O)N45)CC3)n2)cc1. The largest absolute Gasteiger partial charge is 0.497 e. The van der Waals surface area contributed by atoms with Crippen LogP contribution in [0.3, 0.4) is 0 Å². The molecule has 0 bridgehead atoms. The number of thioether (sulfide) groups is 2. The molecule has 33 heavy (non-hydrogen) atoms. The van der Waals surface area contributed by atoms with Crippen molar-refractivity contribution in [3.8, 4) is 17.1 Å². The summed E-state index contributed by atoms with van der Waals surface area (Å²) in [6.07, 6.45) is 0. The molecule has 3 fully saturated rings.